The Hall–Kier alpha value is -0.370. The fourth-order valence-electron chi connectivity index (χ4n) is 1.32. The molecule has 0 radical (unpaired) electrons. The molecule has 0 aliphatic heterocycles. The summed E-state index contributed by atoms with van der Waals surface area (Å²) in [6.45, 7) is 13.0. The molecule has 1 atom stereocenters. The molecule has 0 bridgehead atoms. The lowest BCUT2D eigenvalue weighted by atomic mass is 9.82. The van der Waals surface area contributed by atoms with E-state index in [9.17, 15) is 4.79 Å². The fraction of sp³-hybridized carbons (Fsp3) is 0.909. The molecule has 1 N–H and O–H groups in total. The van der Waals surface area contributed by atoms with Crippen LogP contribution in [-0.2, 0) is 4.79 Å². The van der Waals surface area contributed by atoms with Gasteiger partial charge in [0, 0.05) is 5.41 Å². The van der Waals surface area contributed by atoms with Crippen LogP contribution in [0.15, 0.2) is 0 Å². The molecule has 0 saturated carbocycles. The van der Waals surface area contributed by atoms with E-state index in [1.54, 1.807) is 0 Å². The largest absolute Gasteiger partial charge is 0.308 e. The van der Waals surface area contributed by atoms with Gasteiger partial charge in [0.15, 0.2) is 5.78 Å². The van der Waals surface area contributed by atoms with E-state index < -0.39 is 0 Å². The van der Waals surface area contributed by atoms with E-state index in [1.165, 1.54) is 0 Å². The lowest BCUT2D eigenvalue weighted by Crippen LogP contribution is -2.46. The van der Waals surface area contributed by atoms with Crippen molar-refractivity contribution in [3.63, 3.8) is 0 Å². The van der Waals surface area contributed by atoms with Crippen molar-refractivity contribution in [2.24, 2.45) is 11.3 Å². The molecule has 0 heterocycles. The lowest BCUT2D eigenvalue weighted by molar-refractivity contribution is -0.129. The van der Waals surface area contributed by atoms with Gasteiger partial charge in [0.25, 0.3) is 0 Å². The molecular weight excluding hydrogens is 162 g/mol. The van der Waals surface area contributed by atoms with Crippen LogP contribution in [0.25, 0.3) is 0 Å². The third-order valence-corrected chi connectivity index (χ3v) is 2.11. The number of carbonyl (C=O) groups excluding carboxylic acids is 1. The smallest absolute Gasteiger partial charge is 0.155 e. The van der Waals surface area contributed by atoms with E-state index in [-0.39, 0.29) is 11.5 Å². The second-order valence-electron chi connectivity index (χ2n) is 4.89. The van der Waals surface area contributed by atoms with E-state index in [0.717, 1.165) is 6.54 Å². The van der Waals surface area contributed by atoms with Gasteiger partial charge in [0.1, 0.15) is 0 Å². The van der Waals surface area contributed by atoms with E-state index in [4.69, 9.17) is 0 Å². The molecular formula is C11H23NO. The normalized spacial score (nSPS) is 14.7. The fourth-order valence-corrected chi connectivity index (χ4v) is 1.32. The molecule has 78 valence electrons. The van der Waals surface area contributed by atoms with Gasteiger partial charge in [-0.3, -0.25) is 4.79 Å². The first-order valence-corrected chi connectivity index (χ1v) is 5.08. The number of Topliss-reactive ketones (excluding diaryl/α,β-unsaturated/α-hetero) is 1. The maximum absolute atomic E-state index is 11.9. The number of rotatable bonds is 4. The van der Waals surface area contributed by atoms with Crippen LogP contribution in [-0.4, -0.2) is 18.4 Å². The number of nitrogens with one attached hydrogen (secondary N) is 1. The van der Waals surface area contributed by atoms with Crippen molar-refractivity contribution in [2.45, 2.75) is 47.6 Å². The van der Waals surface area contributed by atoms with Crippen molar-refractivity contribution in [2.75, 3.05) is 6.54 Å². The second-order valence-corrected chi connectivity index (χ2v) is 4.89. The molecule has 0 aromatic rings. The van der Waals surface area contributed by atoms with Gasteiger partial charge in [-0.25, -0.2) is 0 Å². The molecule has 0 aromatic carbocycles. The summed E-state index contributed by atoms with van der Waals surface area (Å²) >= 11 is 0. The van der Waals surface area contributed by atoms with Crippen LogP contribution in [0.5, 0.6) is 0 Å². The zero-order chi connectivity index (χ0) is 10.6. The number of hydrogen-bond donors (Lipinski definition) is 1. The zero-order valence-corrected chi connectivity index (χ0v) is 9.77. The maximum Gasteiger partial charge on any atom is 0.155 e. The van der Waals surface area contributed by atoms with Crippen LogP contribution in [0.2, 0.25) is 0 Å². The van der Waals surface area contributed by atoms with E-state index in [1.807, 2.05) is 27.7 Å². The van der Waals surface area contributed by atoms with Crippen molar-refractivity contribution >= 4 is 5.78 Å². The summed E-state index contributed by atoms with van der Waals surface area (Å²) in [5.74, 6) is 0.677. The number of hydrogen-bond acceptors (Lipinski definition) is 2. The quantitative estimate of drug-likeness (QED) is 0.727. The molecule has 0 aliphatic rings. The topological polar surface area (TPSA) is 29.1 Å². The summed E-state index contributed by atoms with van der Waals surface area (Å²) in [6.07, 6.45) is 0. The summed E-state index contributed by atoms with van der Waals surface area (Å²) in [5.41, 5.74) is -0.239. The molecule has 2 nitrogen and oxygen atoms in total. The zero-order valence-electron chi connectivity index (χ0n) is 9.77. The lowest BCUT2D eigenvalue weighted by Gasteiger charge is -2.27. The van der Waals surface area contributed by atoms with Crippen molar-refractivity contribution in [3.05, 3.63) is 0 Å². The Morgan fingerprint density at radius 1 is 1.31 bits per heavy atom. The summed E-state index contributed by atoms with van der Waals surface area (Å²) in [7, 11) is 0. The molecule has 13 heavy (non-hydrogen) atoms. The maximum atomic E-state index is 11.9. The number of carbonyl (C=O) groups is 1. The molecule has 2 heteroatoms. The van der Waals surface area contributed by atoms with Crippen molar-refractivity contribution in [1.82, 2.24) is 5.32 Å². The van der Waals surface area contributed by atoms with Gasteiger partial charge in [-0.1, -0.05) is 41.5 Å². The highest BCUT2D eigenvalue weighted by Gasteiger charge is 2.30. The minimum absolute atomic E-state index is 0.00463. The van der Waals surface area contributed by atoms with Gasteiger partial charge in [0.2, 0.25) is 0 Å². The highest BCUT2D eigenvalue weighted by molar-refractivity contribution is 5.88. The van der Waals surface area contributed by atoms with Crippen LogP contribution < -0.4 is 5.32 Å². The van der Waals surface area contributed by atoms with Gasteiger partial charge in [-0.15, -0.1) is 0 Å². The summed E-state index contributed by atoms with van der Waals surface area (Å²) in [5, 5.41) is 3.24. The molecule has 0 spiro atoms. The van der Waals surface area contributed by atoms with Crippen LogP contribution >= 0.6 is 0 Å². The monoisotopic (exact) mass is 185 g/mol. The summed E-state index contributed by atoms with van der Waals surface area (Å²) in [4.78, 5) is 11.9. The minimum Gasteiger partial charge on any atom is -0.308 e. The Bertz CT molecular complexity index is 167. The van der Waals surface area contributed by atoms with Gasteiger partial charge < -0.3 is 5.32 Å². The molecule has 0 unspecified atom stereocenters. The van der Waals surface area contributed by atoms with Crippen molar-refractivity contribution < 1.29 is 4.79 Å². The summed E-state index contributed by atoms with van der Waals surface area (Å²) in [6, 6.07) is 0.00463. The Morgan fingerprint density at radius 3 is 2.00 bits per heavy atom. The average molecular weight is 185 g/mol. The van der Waals surface area contributed by atoms with Crippen molar-refractivity contribution in [3.8, 4) is 0 Å². The average Bonchev–Trinajstić information content (AvgIpc) is 1.96. The minimum atomic E-state index is -0.239. The first-order chi connectivity index (χ1) is 5.80. The van der Waals surface area contributed by atoms with Gasteiger partial charge >= 0.3 is 0 Å². The molecule has 0 amide bonds. The standard InChI is InChI=1S/C11H23NO/c1-7-12-9(8(2)3)10(13)11(4,5)6/h8-9,12H,7H2,1-6H3/t9-/m0/s1. The first-order valence-electron chi connectivity index (χ1n) is 5.08. The Labute approximate surface area is 82.1 Å². The summed E-state index contributed by atoms with van der Waals surface area (Å²) < 4.78 is 0. The third kappa shape index (κ3) is 3.90. The predicted octanol–water partition coefficient (Wildman–Crippen LogP) is 2.24. The van der Waals surface area contributed by atoms with Gasteiger partial charge in [-0.2, -0.15) is 0 Å². The molecule has 0 aromatic heterocycles. The highest BCUT2D eigenvalue weighted by atomic mass is 16.1. The second kappa shape index (κ2) is 4.75. The van der Waals surface area contributed by atoms with Crippen LogP contribution in [0, 0.1) is 11.3 Å². The predicted molar refractivity (Wildman–Crippen MR) is 56.8 cm³/mol. The van der Waals surface area contributed by atoms with Crippen LogP contribution in [0.4, 0.5) is 0 Å². The van der Waals surface area contributed by atoms with Crippen molar-refractivity contribution in [1.29, 1.82) is 0 Å². The Morgan fingerprint density at radius 2 is 1.77 bits per heavy atom. The highest BCUT2D eigenvalue weighted by Crippen LogP contribution is 2.20. The molecule has 0 rings (SSSR count). The third-order valence-electron chi connectivity index (χ3n) is 2.11. The van der Waals surface area contributed by atoms with Gasteiger partial charge in [-0.05, 0) is 12.5 Å². The molecule has 0 fully saturated rings. The molecule has 0 saturated heterocycles. The van der Waals surface area contributed by atoms with E-state index in [0.29, 0.717) is 11.7 Å². The van der Waals surface area contributed by atoms with E-state index >= 15 is 0 Å². The van der Waals surface area contributed by atoms with Crippen LogP contribution in [0.3, 0.4) is 0 Å². The number of likely N-dealkylation sites (N-methyl/N-ethyl adjacent to an activating group) is 1. The SMILES string of the molecule is CCN[C@H](C(=O)C(C)(C)C)C(C)C. The van der Waals surface area contributed by atoms with Gasteiger partial charge in [0.05, 0.1) is 6.04 Å². The number of ketones is 1. The Balaban J connectivity index is 4.47. The van der Waals surface area contributed by atoms with E-state index in [2.05, 4.69) is 19.2 Å². The Kier molecular flexibility index (Phi) is 4.62. The van der Waals surface area contributed by atoms with Crippen LogP contribution in [0.1, 0.15) is 41.5 Å². The first kappa shape index (κ1) is 12.6. The molecule has 0 aliphatic carbocycles.